The van der Waals surface area contributed by atoms with E-state index in [1.165, 1.54) is 51.4 Å². The first-order chi connectivity index (χ1) is 9.29. The van der Waals surface area contributed by atoms with Crippen LogP contribution >= 0.6 is 11.6 Å². The van der Waals surface area contributed by atoms with Gasteiger partial charge in [-0.1, -0.05) is 39.0 Å². The molecule has 0 N–H and O–H groups in total. The van der Waals surface area contributed by atoms with Crippen LogP contribution in [0.1, 0.15) is 77.6 Å². The van der Waals surface area contributed by atoms with Crippen LogP contribution in [0, 0.1) is 0 Å². The topological polar surface area (TPSA) is 20.3 Å². The van der Waals surface area contributed by atoms with Gasteiger partial charge in [-0.3, -0.25) is 4.79 Å². The van der Waals surface area contributed by atoms with Crippen molar-refractivity contribution in [1.82, 2.24) is 4.90 Å². The Morgan fingerprint density at radius 2 is 1.79 bits per heavy atom. The van der Waals surface area contributed by atoms with E-state index in [2.05, 4.69) is 11.8 Å². The van der Waals surface area contributed by atoms with Crippen molar-refractivity contribution in [3.63, 3.8) is 0 Å². The van der Waals surface area contributed by atoms with Gasteiger partial charge in [0.2, 0.25) is 5.91 Å². The van der Waals surface area contributed by atoms with Crippen molar-refractivity contribution in [1.29, 1.82) is 0 Å². The van der Waals surface area contributed by atoms with Gasteiger partial charge in [-0.25, -0.2) is 0 Å². The van der Waals surface area contributed by atoms with E-state index in [0.29, 0.717) is 17.8 Å². The second-order valence-corrected chi connectivity index (χ2v) is 6.11. The molecule has 0 aliphatic heterocycles. The van der Waals surface area contributed by atoms with Crippen LogP contribution in [0.2, 0.25) is 0 Å². The van der Waals surface area contributed by atoms with Crippen LogP contribution in [0.3, 0.4) is 0 Å². The average Bonchev–Trinajstić information content (AvgIpc) is 2.36. The monoisotopic (exact) mass is 287 g/mol. The van der Waals surface area contributed by atoms with Crippen LogP contribution in [-0.2, 0) is 4.79 Å². The molecule has 0 spiro atoms. The second kappa shape index (κ2) is 10.5. The highest BCUT2D eigenvalue weighted by atomic mass is 35.5. The highest BCUT2D eigenvalue weighted by Gasteiger charge is 2.27. The van der Waals surface area contributed by atoms with E-state index >= 15 is 0 Å². The molecule has 1 amide bonds. The summed E-state index contributed by atoms with van der Waals surface area (Å²) in [5.41, 5.74) is 0. The highest BCUT2D eigenvalue weighted by molar-refractivity contribution is 6.17. The number of alkyl halides is 1. The van der Waals surface area contributed by atoms with Gasteiger partial charge >= 0.3 is 0 Å². The zero-order valence-electron chi connectivity index (χ0n) is 12.5. The van der Waals surface area contributed by atoms with Gasteiger partial charge in [0.15, 0.2) is 0 Å². The lowest BCUT2D eigenvalue weighted by Gasteiger charge is -2.37. The maximum Gasteiger partial charge on any atom is 0.222 e. The number of unbranched alkanes of at least 4 members (excludes halogenated alkanes) is 5. The summed E-state index contributed by atoms with van der Waals surface area (Å²) in [6.07, 6.45) is 12.8. The lowest BCUT2D eigenvalue weighted by atomic mass is 9.91. The molecule has 2 nitrogen and oxygen atoms in total. The summed E-state index contributed by atoms with van der Waals surface area (Å²) in [5.74, 6) is 1.03. The molecular formula is C16H30ClNO. The van der Waals surface area contributed by atoms with E-state index < -0.39 is 0 Å². The first kappa shape index (κ1) is 16.8. The SMILES string of the molecule is CCCCCCCCC(=O)N(CCCCl)C1CCC1. The van der Waals surface area contributed by atoms with Crippen molar-refractivity contribution in [2.45, 2.75) is 83.6 Å². The molecule has 0 unspecified atom stereocenters. The molecule has 1 aliphatic carbocycles. The number of hydrogen-bond acceptors (Lipinski definition) is 1. The number of rotatable bonds is 11. The van der Waals surface area contributed by atoms with Gasteiger partial charge in [0.05, 0.1) is 0 Å². The minimum atomic E-state index is 0.366. The summed E-state index contributed by atoms with van der Waals surface area (Å²) < 4.78 is 0. The average molecular weight is 288 g/mol. The summed E-state index contributed by atoms with van der Waals surface area (Å²) in [6.45, 7) is 3.10. The van der Waals surface area contributed by atoms with Gasteiger partial charge < -0.3 is 4.90 Å². The fourth-order valence-electron chi connectivity index (χ4n) is 2.64. The maximum absolute atomic E-state index is 12.3. The zero-order valence-corrected chi connectivity index (χ0v) is 13.3. The first-order valence-corrected chi connectivity index (χ1v) is 8.68. The van der Waals surface area contributed by atoms with E-state index in [1.807, 2.05) is 0 Å². The smallest absolute Gasteiger partial charge is 0.222 e. The maximum atomic E-state index is 12.3. The van der Waals surface area contributed by atoms with Crippen LogP contribution < -0.4 is 0 Å². The molecule has 1 saturated carbocycles. The van der Waals surface area contributed by atoms with E-state index in [1.54, 1.807) is 0 Å². The minimum absolute atomic E-state index is 0.366. The second-order valence-electron chi connectivity index (χ2n) is 5.73. The van der Waals surface area contributed by atoms with Crippen LogP contribution in [0.5, 0.6) is 0 Å². The Morgan fingerprint density at radius 1 is 1.11 bits per heavy atom. The predicted octanol–water partition coefficient (Wildman–Crippen LogP) is 4.75. The normalized spacial score (nSPS) is 15.3. The van der Waals surface area contributed by atoms with Crippen molar-refractivity contribution in [2.75, 3.05) is 12.4 Å². The molecule has 3 heteroatoms. The lowest BCUT2D eigenvalue weighted by molar-refractivity contribution is -0.135. The first-order valence-electron chi connectivity index (χ1n) is 8.15. The van der Waals surface area contributed by atoms with Crippen LogP contribution in [0.4, 0.5) is 0 Å². The number of carbonyl (C=O) groups is 1. The van der Waals surface area contributed by atoms with E-state index in [4.69, 9.17) is 11.6 Å². The van der Waals surface area contributed by atoms with Crippen molar-refractivity contribution in [2.24, 2.45) is 0 Å². The van der Waals surface area contributed by atoms with Crippen molar-refractivity contribution < 1.29 is 4.79 Å². The Balaban J connectivity index is 2.15. The zero-order chi connectivity index (χ0) is 13.9. The molecule has 0 radical (unpaired) electrons. The molecular weight excluding hydrogens is 258 g/mol. The molecule has 0 atom stereocenters. The number of halogens is 1. The molecule has 0 aromatic rings. The summed E-state index contributed by atoms with van der Waals surface area (Å²) in [5, 5.41) is 0. The molecule has 19 heavy (non-hydrogen) atoms. The van der Waals surface area contributed by atoms with E-state index in [0.717, 1.165) is 25.8 Å². The van der Waals surface area contributed by atoms with Gasteiger partial charge in [0.25, 0.3) is 0 Å². The summed E-state index contributed by atoms with van der Waals surface area (Å²) in [6, 6.07) is 0.524. The number of amides is 1. The standard InChI is InChI=1S/C16H30ClNO/c1-2-3-4-5-6-7-12-16(19)18(14-9-13-17)15-10-8-11-15/h15H,2-14H2,1H3. The largest absolute Gasteiger partial charge is 0.340 e. The Labute approximate surface area is 123 Å². The van der Waals surface area contributed by atoms with Crippen LogP contribution in [-0.4, -0.2) is 29.3 Å². The molecule has 1 fully saturated rings. The predicted molar refractivity (Wildman–Crippen MR) is 82.7 cm³/mol. The van der Waals surface area contributed by atoms with Gasteiger partial charge in [0, 0.05) is 24.9 Å². The third-order valence-electron chi connectivity index (χ3n) is 4.11. The summed E-state index contributed by atoms with van der Waals surface area (Å²) in [4.78, 5) is 14.4. The van der Waals surface area contributed by atoms with Gasteiger partial charge in [0.1, 0.15) is 0 Å². The summed E-state index contributed by atoms with van der Waals surface area (Å²) >= 11 is 5.75. The fourth-order valence-corrected chi connectivity index (χ4v) is 2.76. The van der Waals surface area contributed by atoms with Gasteiger partial charge in [-0.05, 0) is 32.1 Å². The number of carbonyl (C=O) groups excluding carboxylic acids is 1. The molecule has 0 bridgehead atoms. The van der Waals surface area contributed by atoms with Gasteiger partial charge in [-0.15, -0.1) is 11.6 Å². The lowest BCUT2D eigenvalue weighted by Crippen LogP contribution is -2.44. The van der Waals surface area contributed by atoms with E-state index in [-0.39, 0.29) is 0 Å². The Kier molecular flexibility index (Phi) is 9.32. The third kappa shape index (κ3) is 6.65. The van der Waals surface area contributed by atoms with E-state index in [9.17, 15) is 4.79 Å². The number of nitrogens with zero attached hydrogens (tertiary/aromatic N) is 1. The summed E-state index contributed by atoms with van der Waals surface area (Å²) in [7, 11) is 0. The quantitative estimate of drug-likeness (QED) is 0.397. The Bertz CT molecular complexity index is 241. The van der Waals surface area contributed by atoms with Crippen molar-refractivity contribution in [3.05, 3.63) is 0 Å². The molecule has 0 aromatic carbocycles. The molecule has 1 rings (SSSR count). The molecule has 112 valence electrons. The highest BCUT2D eigenvalue weighted by Crippen LogP contribution is 2.26. The van der Waals surface area contributed by atoms with Crippen molar-refractivity contribution in [3.8, 4) is 0 Å². The Morgan fingerprint density at radius 3 is 2.37 bits per heavy atom. The van der Waals surface area contributed by atoms with Crippen LogP contribution in [0.15, 0.2) is 0 Å². The van der Waals surface area contributed by atoms with Gasteiger partial charge in [-0.2, -0.15) is 0 Å². The van der Waals surface area contributed by atoms with Crippen molar-refractivity contribution >= 4 is 17.5 Å². The molecule has 0 aromatic heterocycles. The molecule has 0 heterocycles. The number of hydrogen-bond donors (Lipinski definition) is 0. The molecule has 1 aliphatic rings. The third-order valence-corrected chi connectivity index (χ3v) is 4.38. The minimum Gasteiger partial charge on any atom is -0.340 e. The molecule has 0 saturated heterocycles. The Hall–Kier alpha value is -0.240. The fraction of sp³-hybridized carbons (Fsp3) is 0.938. The van der Waals surface area contributed by atoms with Crippen LogP contribution in [0.25, 0.3) is 0 Å².